The van der Waals surface area contributed by atoms with E-state index in [0.717, 1.165) is 55.4 Å². The van der Waals surface area contributed by atoms with E-state index < -0.39 is 122 Å². The molecule has 4 heterocycles. The molecule has 358 valence electrons. The van der Waals surface area contributed by atoms with E-state index in [2.05, 4.69) is 10.3 Å². The van der Waals surface area contributed by atoms with Crippen molar-refractivity contribution < 1.29 is 104 Å². The number of benzene rings is 1. The highest BCUT2D eigenvalue weighted by atomic mass is 16.8. The molecule has 0 spiro atoms. The number of hydrogen-bond acceptors (Lipinski definition) is 24. The molecule has 0 amide bonds. The number of aromatic nitrogens is 2. The van der Waals surface area contributed by atoms with Crippen molar-refractivity contribution in [3.63, 3.8) is 0 Å². The Morgan fingerprint density at radius 1 is 0.439 bits per heavy atom. The Hall–Kier alpha value is -6.76. The Labute approximate surface area is 375 Å². The smallest absolute Gasteiger partial charge is 0.303 e. The molecule has 3 aromatic rings. The van der Waals surface area contributed by atoms with Crippen LogP contribution in [0.4, 0.5) is 0 Å². The summed E-state index contributed by atoms with van der Waals surface area (Å²) in [5.74, 6) is -5.69. The lowest BCUT2D eigenvalue weighted by molar-refractivity contribution is -0.311. The predicted octanol–water partition coefficient (Wildman–Crippen LogP) is 2.20. The van der Waals surface area contributed by atoms with E-state index in [1.807, 2.05) is 0 Å². The number of esters is 8. The molecule has 0 unspecified atom stereocenters. The van der Waals surface area contributed by atoms with Crippen molar-refractivity contribution in [3.8, 4) is 22.5 Å². The Morgan fingerprint density at radius 2 is 0.742 bits per heavy atom. The molecule has 0 bridgehead atoms. The van der Waals surface area contributed by atoms with Gasteiger partial charge >= 0.3 is 47.8 Å². The number of hydrogen-bond donors (Lipinski definition) is 0. The Morgan fingerprint density at radius 3 is 1.05 bits per heavy atom. The number of carbonyl (C=O) groups is 8. The molecule has 0 aliphatic carbocycles. The predicted molar refractivity (Wildman–Crippen MR) is 211 cm³/mol. The third-order valence-electron chi connectivity index (χ3n) is 9.27. The van der Waals surface area contributed by atoms with E-state index >= 15 is 0 Å². The maximum absolute atomic E-state index is 12.2. The highest BCUT2D eigenvalue weighted by molar-refractivity contribution is 5.70. The SMILES string of the molecule is CC(=O)OC[C@H]1O[C@H](OCc2cc(-c3ccc(-c4cc(CO[C@H]5O[C@H](COC(C)=O)[C@@H](OC(C)=O)[C@H](OC(C)=O)[C@@H]5OC(C)=O)on4)cc3)no2)[C@@H](OC(C)=O)[C@@H](OC(C)=O)[C@@H]1OC(C)=O. The molecule has 10 atom stereocenters. The van der Waals surface area contributed by atoms with Crippen molar-refractivity contribution in [1.29, 1.82) is 0 Å². The molecule has 5 rings (SSSR count). The van der Waals surface area contributed by atoms with Gasteiger partial charge in [-0.3, -0.25) is 38.4 Å². The minimum Gasteiger partial charge on any atom is -0.463 e. The first-order chi connectivity index (χ1) is 31.3. The zero-order chi connectivity index (χ0) is 48.2. The van der Waals surface area contributed by atoms with Gasteiger partial charge in [-0.15, -0.1) is 0 Å². The van der Waals surface area contributed by atoms with Gasteiger partial charge in [0.25, 0.3) is 0 Å². The van der Waals surface area contributed by atoms with Gasteiger partial charge in [-0.1, -0.05) is 34.6 Å². The molecule has 0 radical (unpaired) electrons. The van der Waals surface area contributed by atoms with Crippen LogP contribution in [0.2, 0.25) is 0 Å². The van der Waals surface area contributed by atoms with Crippen LogP contribution in [0.3, 0.4) is 0 Å². The molecule has 2 aliphatic rings. The summed E-state index contributed by atoms with van der Waals surface area (Å²) in [6, 6.07) is 10.0. The van der Waals surface area contributed by atoms with Gasteiger partial charge in [0.1, 0.15) is 50.0 Å². The summed E-state index contributed by atoms with van der Waals surface area (Å²) in [5.41, 5.74) is 2.00. The van der Waals surface area contributed by atoms with Gasteiger partial charge in [0.15, 0.2) is 60.7 Å². The molecule has 0 N–H and O–H groups in total. The van der Waals surface area contributed by atoms with Crippen molar-refractivity contribution in [1.82, 2.24) is 10.3 Å². The Balaban J connectivity index is 1.27. The van der Waals surface area contributed by atoms with E-state index in [1.165, 1.54) is 0 Å². The molecule has 0 saturated carbocycles. The van der Waals surface area contributed by atoms with Crippen LogP contribution in [0.5, 0.6) is 0 Å². The third kappa shape index (κ3) is 14.1. The topological polar surface area (TPSA) is 299 Å². The normalized spacial score (nSPS) is 24.8. The van der Waals surface area contributed by atoms with E-state index in [-0.39, 0.29) is 24.7 Å². The molecule has 1 aromatic carbocycles. The standard InChI is InChI=1S/C42H48N2O22/c1-19(45)53-17-33-35(57-21(3)47)37(59-23(5)49)39(61-25(7)51)41(63-33)55-15-29-13-31(43-65-29)27-9-11-28(12-10-27)32-14-30(66-44-32)16-56-42-40(62-26(8)52)38(60-24(6)50)36(58-22(4)48)34(64-42)18-54-20(2)46/h9-14,33-42H,15-18H2,1-8H3/t33-,34-,35-,36-,37+,38+,39+,40+,41+,42+/m1/s1. The average Bonchev–Trinajstić information content (AvgIpc) is 3.91. The summed E-state index contributed by atoms with van der Waals surface area (Å²) in [6.45, 7) is 7.46. The van der Waals surface area contributed by atoms with Crippen LogP contribution in [-0.2, 0) is 108 Å². The number of ether oxygens (including phenoxy) is 12. The second kappa shape index (κ2) is 22.9. The van der Waals surface area contributed by atoms with Crippen LogP contribution in [0.25, 0.3) is 22.5 Å². The van der Waals surface area contributed by atoms with Gasteiger partial charge < -0.3 is 65.9 Å². The Kier molecular flexibility index (Phi) is 17.4. The summed E-state index contributed by atoms with van der Waals surface area (Å²) >= 11 is 0. The van der Waals surface area contributed by atoms with Crippen molar-refractivity contribution in [2.75, 3.05) is 13.2 Å². The van der Waals surface area contributed by atoms with Crippen LogP contribution < -0.4 is 0 Å². The van der Waals surface area contributed by atoms with Crippen molar-refractivity contribution in [2.24, 2.45) is 0 Å². The summed E-state index contributed by atoms with van der Waals surface area (Å²) in [6.07, 6.45) is -13.7. The first-order valence-electron chi connectivity index (χ1n) is 20.1. The van der Waals surface area contributed by atoms with Gasteiger partial charge in [-0.05, 0) is 0 Å². The van der Waals surface area contributed by atoms with E-state index in [0.29, 0.717) is 22.5 Å². The van der Waals surface area contributed by atoms with Crippen molar-refractivity contribution >= 4 is 47.8 Å². The Bertz CT molecular complexity index is 2060. The molecule has 2 aromatic heterocycles. The average molecular weight is 933 g/mol. The molecular weight excluding hydrogens is 884 g/mol. The lowest BCUT2D eigenvalue weighted by Crippen LogP contribution is -2.62. The van der Waals surface area contributed by atoms with Crippen molar-refractivity contribution in [2.45, 2.75) is 130 Å². The van der Waals surface area contributed by atoms with E-state index in [9.17, 15) is 38.4 Å². The van der Waals surface area contributed by atoms with Gasteiger partial charge in [0, 0.05) is 78.6 Å². The second-order valence-electron chi connectivity index (χ2n) is 14.7. The maximum atomic E-state index is 12.2. The molecule has 2 fully saturated rings. The molecule has 24 nitrogen and oxygen atoms in total. The molecule has 66 heavy (non-hydrogen) atoms. The molecular formula is C42H48N2O22. The third-order valence-corrected chi connectivity index (χ3v) is 9.27. The van der Waals surface area contributed by atoms with Gasteiger partial charge in [0.2, 0.25) is 0 Å². The van der Waals surface area contributed by atoms with Crippen LogP contribution in [0, 0.1) is 0 Å². The quantitative estimate of drug-likeness (QED) is 0.130. The fourth-order valence-electron chi connectivity index (χ4n) is 6.82. The van der Waals surface area contributed by atoms with E-state index in [1.54, 1.807) is 36.4 Å². The summed E-state index contributed by atoms with van der Waals surface area (Å²) in [4.78, 5) is 95.9. The number of carbonyl (C=O) groups excluding carboxylic acids is 8. The largest absolute Gasteiger partial charge is 0.463 e. The van der Waals surface area contributed by atoms with Gasteiger partial charge in [-0.2, -0.15) is 0 Å². The minimum atomic E-state index is -1.44. The molecule has 24 heteroatoms. The van der Waals surface area contributed by atoms with Crippen LogP contribution in [-0.4, -0.2) is 133 Å². The van der Waals surface area contributed by atoms with Crippen LogP contribution >= 0.6 is 0 Å². The minimum absolute atomic E-state index is 0.194. The molecule has 2 aliphatic heterocycles. The highest BCUT2D eigenvalue weighted by Crippen LogP contribution is 2.33. The fourth-order valence-corrected chi connectivity index (χ4v) is 6.82. The fraction of sp³-hybridized carbons (Fsp3) is 0.524. The first-order valence-corrected chi connectivity index (χ1v) is 20.1. The second-order valence-corrected chi connectivity index (χ2v) is 14.7. The summed E-state index contributed by atoms with van der Waals surface area (Å²) < 4.78 is 77.4. The zero-order valence-corrected chi connectivity index (χ0v) is 36.9. The lowest BCUT2D eigenvalue weighted by atomic mass is 9.98. The molecule has 2 saturated heterocycles. The van der Waals surface area contributed by atoms with Crippen LogP contribution in [0.15, 0.2) is 45.4 Å². The maximum Gasteiger partial charge on any atom is 0.303 e. The van der Waals surface area contributed by atoms with Crippen LogP contribution in [0.1, 0.15) is 66.9 Å². The zero-order valence-electron chi connectivity index (χ0n) is 36.9. The monoisotopic (exact) mass is 932 g/mol. The lowest BCUT2D eigenvalue weighted by Gasteiger charge is -2.43. The van der Waals surface area contributed by atoms with Gasteiger partial charge in [-0.25, -0.2) is 0 Å². The van der Waals surface area contributed by atoms with Crippen molar-refractivity contribution in [3.05, 3.63) is 47.9 Å². The highest BCUT2D eigenvalue weighted by Gasteiger charge is 2.54. The first kappa shape index (κ1) is 50.2. The van der Waals surface area contributed by atoms with E-state index in [4.69, 9.17) is 65.9 Å². The summed E-state index contributed by atoms with van der Waals surface area (Å²) in [7, 11) is 0. The number of rotatable bonds is 18. The van der Waals surface area contributed by atoms with Gasteiger partial charge in [0.05, 0.1) is 0 Å². The summed E-state index contributed by atoms with van der Waals surface area (Å²) in [5, 5.41) is 8.22. The number of nitrogens with zero attached hydrogens (tertiary/aromatic N) is 2.